The van der Waals surface area contributed by atoms with Crippen LogP contribution in [0.15, 0.2) is 24.4 Å². The molecular weight excluding hydrogens is 288 g/mol. The number of rotatable bonds is 1. The molecule has 3 heterocycles. The van der Waals surface area contributed by atoms with E-state index < -0.39 is 5.60 Å². The summed E-state index contributed by atoms with van der Waals surface area (Å²) in [6.45, 7) is 7.81. The molecular formula is C19H26N2O2. The molecule has 1 aromatic heterocycles. The van der Waals surface area contributed by atoms with E-state index in [2.05, 4.69) is 17.1 Å². The van der Waals surface area contributed by atoms with Crippen molar-refractivity contribution in [1.29, 1.82) is 0 Å². The molecule has 23 heavy (non-hydrogen) atoms. The number of aryl methyl sites for hydroxylation is 1. The zero-order chi connectivity index (χ0) is 16.6. The summed E-state index contributed by atoms with van der Waals surface area (Å²) >= 11 is 0. The number of carbonyl (C=O) groups excluding carboxylic acids is 1. The van der Waals surface area contributed by atoms with Crippen molar-refractivity contribution in [3.05, 3.63) is 35.7 Å². The first-order valence-corrected chi connectivity index (χ1v) is 8.49. The van der Waals surface area contributed by atoms with Crippen LogP contribution in [0, 0.1) is 6.92 Å². The van der Waals surface area contributed by atoms with Gasteiger partial charge in [-0.2, -0.15) is 0 Å². The summed E-state index contributed by atoms with van der Waals surface area (Å²) in [6.07, 6.45) is 8.03. The summed E-state index contributed by atoms with van der Waals surface area (Å²) in [6, 6.07) is 4.50. The molecule has 0 aromatic carbocycles. The number of aromatic nitrogens is 1. The van der Waals surface area contributed by atoms with E-state index in [1.807, 2.05) is 44.9 Å². The Morgan fingerprint density at radius 2 is 2.13 bits per heavy atom. The molecule has 124 valence electrons. The van der Waals surface area contributed by atoms with Gasteiger partial charge in [-0.05, 0) is 70.6 Å². The maximum absolute atomic E-state index is 12.6. The van der Waals surface area contributed by atoms with Gasteiger partial charge in [-0.3, -0.25) is 9.88 Å². The van der Waals surface area contributed by atoms with E-state index in [0.717, 1.165) is 25.0 Å². The molecule has 1 aromatic rings. The molecule has 0 saturated carbocycles. The Hall–Kier alpha value is -1.84. The predicted octanol–water partition coefficient (Wildman–Crippen LogP) is 4.34. The van der Waals surface area contributed by atoms with Crippen LogP contribution < -0.4 is 0 Å². The van der Waals surface area contributed by atoms with Crippen molar-refractivity contribution in [2.24, 2.45) is 0 Å². The van der Waals surface area contributed by atoms with Gasteiger partial charge in [0, 0.05) is 17.9 Å². The second-order valence-electron chi connectivity index (χ2n) is 7.57. The minimum atomic E-state index is -0.449. The molecule has 2 aliphatic rings. The standard InChI is InChI=1S/C19H26N2O2/c1-13-17(9-6-10-20-13)14-11-15-7-5-8-16(12-14)21(15)18(22)23-19(2,3)4/h6,9-11,15-16H,5,7-8,12H2,1-4H3. The fraction of sp³-hybridized carbons (Fsp3) is 0.579. The molecule has 0 radical (unpaired) electrons. The van der Waals surface area contributed by atoms with Crippen molar-refractivity contribution in [2.45, 2.75) is 71.1 Å². The minimum Gasteiger partial charge on any atom is -0.444 e. The molecule has 2 unspecified atom stereocenters. The third-order valence-corrected chi connectivity index (χ3v) is 4.59. The van der Waals surface area contributed by atoms with Gasteiger partial charge in [0.25, 0.3) is 0 Å². The van der Waals surface area contributed by atoms with E-state index in [1.165, 1.54) is 17.6 Å². The van der Waals surface area contributed by atoms with Crippen LogP contribution >= 0.6 is 0 Å². The number of ether oxygens (including phenoxy) is 1. The van der Waals surface area contributed by atoms with Gasteiger partial charge in [-0.25, -0.2) is 4.79 Å². The van der Waals surface area contributed by atoms with Crippen LogP contribution in [-0.4, -0.2) is 33.7 Å². The van der Waals surface area contributed by atoms with Crippen molar-refractivity contribution >= 4 is 11.7 Å². The predicted molar refractivity (Wildman–Crippen MR) is 91.1 cm³/mol. The van der Waals surface area contributed by atoms with E-state index in [-0.39, 0.29) is 18.2 Å². The number of carbonyl (C=O) groups is 1. The molecule has 2 bridgehead atoms. The summed E-state index contributed by atoms with van der Waals surface area (Å²) < 4.78 is 5.62. The Morgan fingerprint density at radius 3 is 2.78 bits per heavy atom. The summed E-state index contributed by atoms with van der Waals surface area (Å²) in [7, 11) is 0. The molecule has 0 N–H and O–H groups in total. The Bertz CT molecular complexity index is 631. The van der Waals surface area contributed by atoms with Gasteiger partial charge in [0.2, 0.25) is 0 Å². The highest BCUT2D eigenvalue weighted by Crippen LogP contribution is 2.38. The Balaban J connectivity index is 1.88. The smallest absolute Gasteiger partial charge is 0.411 e. The average Bonchev–Trinajstić information content (AvgIpc) is 2.44. The van der Waals surface area contributed by atoms with Crippen molar-refractivity contribution in [2.75, 3.05) is 0 Å². The summed E-state index contributed by atoms with van der Waals surface area (Å²) in [5.41, 5.74) is 3.15. The maximum atomic E-state index is 12.6. The number of piperidine rings is 1. The minimum absolute atomic E-state index is 0.145. The van der Waals surface area contributed by atoms with Crippen molar-refractivity contribution in [1.82, 2.24) is 9.88 Å². The highest BCUT2D eigenvalue weighted by Gasteiger charge is 2.39. The van der Waals surface area contributed by atoms with E-state index in [4.69, 9.17) is 4.74 Å². The molecule has 4 nitrogen and oxygen atoms in total. The fourth-order valence-corrected chi connectivity index (χ4v) is 3.65. The molecule has 1 fully saturated rings. The van der Waals surface area contributed by atoms with Crippen molar-refractivity contribution in [3.8, 4) is 0 Å². The molecule has 0 spiro atoms. The van der Waals surface area contributed by atoms with Crippen LogP contribution in [0.3, 0.4) is 0 Å². The lowest BCUT2D eigenvalue weighted by Gasteiger charge is -2.45. The molecule has 4 heteroatoms. The van der Waals surface area contributed by atoms with Gasteiger partial charge in [0.05, 0.1) is 6.04 Å². The zero-order valence-electron chi connectivity index (χ0n) is 14.5. The van der Waals surface area contributed by atoms with E-state index in [1.54, 1.807) is 0 Å². The summed E-state index contributed by atoms with van der Waals surface area (Å²) in [5, 5.41) is 0. The van der Waals surface area contributed by atoms with Crippen LogP contribution in [0.25, 0.3) is 5.57 Å². The first-order chi connectivity index (χ1) is 10.8. The maximum Gasteiger partial charge on any atom is 0.411 e. The summed E-state index contributed by atoms with van der Waals surface area (Å²) in [5.74, 6) is 0. The third-order valence-electron chi connectivity index (χ3n) is 4.59. The van der Waals surface area contributed by atoms with Crippen LogP contribution in [0.5, 0.6) is 0 Å². The number of pyridine rings is 1. The van der Waals surface area contributed by atoms with Crippen LogP contribution in [0.1, 0.15) is 57.7 Å². The lowest BCUT2D eigenvalue weighted by molar-refractivity contribution is 0.0000855. The van der Waals surface area contributed by atoms with Crippen molar-refractivity contribution in [3.63, 3.8) is 0 Å². The number of hydrogen-bond donors (Lipinski definition) is 0. The van der Waals surface area contributed by atoms with Gasteiger partial charge in [0.15, 0.2) is 0 Å². The molecule has 3 rings (SSSR count). The van der Waals surface area contributed by atoms with Gasteiger partial charge in [0.1, 0.15) is 5.60 Å². The Morgan fingerprint density at radius 1 is 1.35 bits per heavy atom. The zero-order valence-corrected chi connectivity index (χ0v) is 14.5. The van der Waals surface area contributed by atoms with E-state index in [9.17, 15) is 4.79 Å². The Labute approximate surface area is 138 Å². The number of amides is 1. The van der Waals surface area contributed by atoms with Gasteiger partial charge >= 0.3 is 6.09 Å². The number of hydrogen-bond acceptors (Lipinski definition) is 3. The van der Waals surface area contributed by atoms with Gasteiger partial charge in [-0.15, -0.1) is 0 Å². The van der Waals surface area contributed by atoms with E-state index >= 15 is 0 Å². The SMILES string of the molecule is Cc1ncccc1C1=CC2CCCC(C1)N2C(=O)OC(C)(C)C. The van der Waals surface area contributed by atoms with Gasteiger partial charge in [-0.1, -0.05) is 12.1 Å². The molecule has 1 amide bonds. The second-order valence-corrected chi connectivity index (χ2v) is 7.57. The second kappa shape index (κ2) is 5.99. The molecule has 2 atom stereocenters. The van der Waals surface area contributed by atoms with E-state index in [0.29, 0.717) is 0 Å². The monoisotopic (exact) mass is 314 g/mol. The fourth-order valence-electron chi connectivity index (χ4n) is 3.65. The average molecular weight is 314 g/mol. The Kier molecular flexibility index (Phi) is 4.17. The molecule has 0 aliphatic carbocycles. The van der Waals surface area contributed by atoms with Gasteiger partial charge < -0.3 is 4.74 Å². The lowest BCUT2D eigenvalue weighted by Crippen LogP contribution is -2.53. The highest BCUT2D eigenvalue weighted by molar-refractivity contribution is 5.75. The highest BCUT2D eigenvalue weighted by atomic mass is 16.6. The van der Waals surface area contributed by atoms with Crippen LogP contribution in [-0.2, 0) is 4.74 Å². The quantitative estimate of drug-likeness (QED) is 0.774. The lowest BCUT2D eigenvalue weighted by atomic mass is 9.83. The third kappa shape index (κ3) is 3.41. The first kappa shape index (κ1) is 16.0. The largest absolute Gasteiger partial charge is 0.444 e. The topological polar surface area (TPSA) is 42.4 Å². The first-order valence-electron chi connectivity index (χ1n) is 8.49. The molecule has 1 saturated heterocycles. The summed E-state index contributed by atoms with van der Waals surface area (Å²) in [4.78, 5) is 19.0. The van der Waals surface area contributed by atoms with Crippen LogP contribution in [0.4, 0.5) is 4.79 Å². The van der Waals surface area contributed by atoms with Crippen LogP contribution in [0.2, 0.25) is 0 Å². The number of nitrogens with zero attached hydrogens (tertiary/aromatic N) is 2. The number of fused-ring (bicyclic) bond motifs is 2. The normalized spacial score (nSPS) is 24.2. The molecule has 2 aliphatic heterocycles. The van der Waals surface area contributed by atoms with Crippen molar-refractivity contribution < 1.29 is 9.53 Å².